The summed E-state index contributed by atoms with van der Waals surface area (Å²) in [4.78, 5) is 23.8. The molecule has 0 aliphatic heterocycles. The number of urea groups is 1. The lowest BCUT2D eigenvalue weighted by Gasteiger charge is -2.11. The number of nitrogens with one attached hydrogen (secondary N) is 2. The van der Waals surface area contributed by atoms with Crippen LogP contribution in [0.1, 0.15) is 5.56 Å². The average Bonchev–Trinajstić information content (AvgIpc) is 2.50. The first-order chi connectivity index (χ1) is 11.0. The minimum Gasteiger partial charge on any atom is -0.369 e. The van der Waals surface area contributed by atoms with Crippen LogP contribution in [0.25, 0.3) is 0 Å². The normalized spacial score (nSPS) is 10.2. The fourth-order valence-corrected chi connectivity index (χ4v) is 2.73. The van der Waals surface area contributed by atoms with Gasteiger partial charge in [-0.15, -0.1) is 11.8 Å². The van der Waals surface area contributed by atoms with Crippen molar-refractivity contribution in [2.75, 3.05) is 16.4 Å². The molecular weight excluding hydrogens is 334 g/mol. The Labute approximate surface area is 143 Å². The first-order valence-corrected chi connectivity index (χ1v) is 8.16. The molecule has 23 heavy (non-hydrogen) atoms. The number of aryl methyl sites for hydroxylation is 1. The summed E-state index contributed by atoms with van der Waals surface area (Å²) in [6, 6.07) is 12.1. The number of hydrogen-bond acceptors (Lipinski definition) is 3. The predicted molar refractivity (Wildman–Crippen MR) is 95.2 cm³/mol. The third kappa shape index (κ3) is 5.19. The van der Waals surface area contributed by atoms with E-state index >= 15 is 0 Å². The molecule has 7 heteroatoms. The van der Waals surface area contributed by atoms with Gasteiger partial charge in [0.2, 0.25) is 5.91 Å². The molecule has 0 radical (unpaired) electrons. The van der Waals surface area contributed by atoms with Crippen LogP contribution in [0.2, 0.25) is 5.02 Å². The Kier molecular flexibility index (Phi) is 5.90. The van der Waals surface area contributed by atoms with Crippen LogP contribution < -0.4 is 16.4 Å². The summed E-state index contributed by atoms with van der Waals surface area (Å²) in [5.74, 6) is -0.267. The van der Waals surface area contributed by atoms with E-state index in [0.29, 0.717) is 16.4 Å². The summed E-state index contributed by atoms with van der Waals surface area (Å²) in [5.41, 5.74) is 7.29. The Bertz CT molecular complexity index is 737. The molecule has 0 aliphatic carbocycles. The second kappa shape index (κ2) is 7.89. The van der Waals surface area contributed by atoms with Crippen LogP contribution in [-0.2, 0) is 4.79 Å². The van der Waals surface area contributed by atoms with E-state index in [1.54, 1.807) is 24.3 Å². The molecule has 0 atom stereocenters. The molecule has 2 aromatic carbocycles. The largest absolute Gasteiger partial charge is 0.369 e. The van der Waals surface area contributed by atoms with Crippen molar-refractivity contribution in [1.29, 1.82) is 0 Å². The number of thioether (sulfide) groups is 1. The molecule has 0 bridgehead atoms. The molecule has 0 unspecified atom stereocenters. The van der Waals surface area contributed by atoms with E-state index in [-0.39, 0.29) is 5.75 Å². The van der Waals surface area contributed by atoms with Gasteiger partial charge in [-0.2, -0.15) is 0 Å². The minimum atomic E-state index is -0.413. The van der Waals surface area contributed by atoms with Crippen LogP contribution >= 0.6 is 23.4 Å². The zero-order valence-electron chi connectivity index (χ0n) is 12.4. The fraction of sp³-hybridized carbons (Fsp3) is 0.125. The SMILES string of the molecule is Cc1ccc(NC(=O)Nc2ccccc2SCC(N)=O)cc1Cl. The third-order valence-corrected chi connectivity index (χ3v) is 4.44. The van der Waals surface area contributed by atoms with Crippen LogP contribution in [0.3, 0.4) is 0 Å². The van der Waals surface area contributed by atoms with Gasteiger partial charge in [0, 0.05) is 15.6 Å². The highest BCUT2D eigenvalue weighted by Gasteiger charge is 2.09. The monoisotopic (exact) mass is 349 g/mol. The lowest BCUT2D eigenvalue weighted by molar-refractivity contribution is -0.115. The van der Waals surface area contributed by atoms with Gasteiger partial charge in [0.05, 0.1) is 11.4 Å². The van der Waals surface area contributed by atoms with Crippen LogP contribution in [0, 0.1) is 6.92 Å². The lowest BCUT2D eigenvalue weighted by atomic mass is 10.2. The number of carbonyl (C=O) groups excluding carboxylic acids is 2. The topological polar surface area (TPSA) is 84.2 Å². The minimum absolute atomic E-state index is 0.147. The summed E-state index contributed by atoms with van der Waals surface area (Å²) >= 11 is 7.30. The van der Waals surface area contributed by atoms with Crippen molar-refractivity contribution in [3.05, 3.63) is 53.1 Å². The number of nitrogens with two attached hydrogens (primary N) is 1. The predicted octanol–water partition coefficient (Wildman–Crippen LogP) is 3.87. The van der Waals surface area contributed by atoms with Crippen molar-refractivity contribution in [3.8, 4) is 0 Å². The van der Waals surface area contributed by atoms with Gasteiger partial charge in [0.15, 0.2) is 0 Å². The summed E-state index contributed by atoms with van der Waals surface area (Å²) in [7, 11) is 0. The summed E-state index contributed by atoms with van der Waals surface area (Å²) in [5, 5.41) is 6.05. The molecular formula is C16H16ClN3O2S. The molecule has 3 amide bonds. The van der Waals surface area contributed by atoms with Gasteiger partial charge in [-0.3, -0.25) is 4.79 Å². The van der Waals surface area contributed by atoms with Gasteiger partial charge in [-0.05, 0) is 36.8 Å². The standard InChI is InChI=1S/C16H16ClN3O2S/c1-10-6-7-11(8-12(10)17)19-16(22)20-13-4-2-3-5-14(13)23-9-15(18)21/h2-8H,9H2,1H3,(H2,18,21)(H2,19,20,22). The Hall–Kier alpha value is -2.18. The molecule has 0 aromatic heterocycles. The van der Waals surface area contributed by atoms with Crippen molar-refractivity contribution < 1.29 is 9.59 Å². The van der Waals surface area contributed by atoms with Gasteiger partial charge < -0.3 is 16.4 Å². The Morgan fingerprint density at radius 3 is 2.61 bits per heavy atom. The van der Waals surface area contributed by atoms with Gasteiger partial charge in [0.25, 0.3) is 0 Å². The van der Waals surface area contributed by atoms with Crippen molar-refractivity contribution in [2.24, 2.45) is 5.73 Å². The number of halogens is 1. The average molecular weight is 350 g/mol. The number of carbonyl (C=O) groups is 2. The second-order valence-electron chi connectivity index (χ2n) is 4.79. The van der Waals surface area contributed by atoms with E-state index in [1.807, 2.05) is 25.1 Å². The first-order valence-electron chi connectivity index (χ1n) is 6.80. The van der Waals surface area contributed by atoms with E-state index < -0.39 is 11.9 Å². The highest BCUT2D eigenvalue weighted by atomic mass is 35.5. The first kappa shape index (κ1) is 17.2. The molecule has 0 spiro atoms. The van der Waals surface area contributed by atoms with Crippen LogP contribution in [0.15, 0.2) is 47.4 Å². The van der Waals surface area contributed by atoms with Crippen molar-refractivity contribution in [1.82, 2.24) is 0 Å². The number of benzene rings is 2. The summed E-state index contributed by atoms with van der Waals surface area (Å²) in [6.07, 6.45) is 0. The summed E-state index contributed by atoms with van der Waals surface area (Å²) < 4.78 is 0. The van der Waals surface area contributed by atoms with Crippen molar-refractivity contribution in [2.45, 2.75) is 11.8 Å². The Balaban J connectivity index is 2.05. The number of amides is 3. The maximum Gasteiger partial charge on any atom is 0.323 e. The second-order valence-corrected chi connectivity index (χ2v) is 6.22. The molecule has 0 heterocycles. The molecule has 5 nitrogen and oxygen atoms in total. The maximum atomic E-state index is 12.1. The lowest BCUT2D eigenvalue weighted by Crippen LogP contribution is -2.20. The van der Waals surface area contributed by atoms with Gasteiger partial charge in [0.1, 0.15) is 0 Å². The molecule has 2 rings (SSSR count). The third-order valence-electron chi connectivity index (χ3n) is 2.93. The van der Waals surface area contributed by atoms with Crippen molar-refractivity contribution >= 4 is 46.7 Å². The highest BCUT2D eigenvalue weighted by Crippen LogP contribution is 2.27. The molecule has 0 saturated heterocycles. The van der Waals surface area contributed by atoms with Crippen LogP contribution in [0.5, 0.6) is 0 Å². The van der Waals surface area contributed by atoms with Crippen LogP contribution in [0.4, 0.5) is 16.2 Å². The zero-order valence-corrected chi connectivity index (χ0v) is 14.0. The number of primary amides is 1. The molecule has 0 aliphatic rings. The van der Waals surface area contributed by atoms with E-state index in [0.717, 1.165) is 10.5 Å². The molecule has 0 saturated carbocycles. The van der Waals surface area contributed by atoms with Crippen LogP contribution in [-0.4, -0.2) is 17.7 Å². The van der Waals surface area contributed by atoms with E-state index in [9.17, 15) is 9.59 Å². The van der Waals surface area contributed by atoms with E-state index in [4.69, 9.17) is 17.3 Å². The fourth-order valence-electron chi connectivity index (χ4n) is 1.80. The van der Waals surface area contributed by atoms with Gasteiger partial charge in [-0.25, -0.2) is 4.79 Å². The molecule has 2 aromatic rings. The number of anilines is 2. The zero-order chi connectivity index (χ0) is 16.8. The van der Waals surface area contributed by atoms with Gasteiger partial charge in [-0.1, -0.05) is 29.8 Å². The highest BCUT2D eigenvalue weighted by molar-refractivity contribution is 8.00. The van der Waals surface area contributed by atoms with Crippen molar-refractivity contribution in [3.63, 3.8) is 0 Å². The van der Waals surface area contributed by atoms with E-state index in [2.05, 4.69) is 10.6 Å². The number of rotatable bonds is 5. The Morgan fingerprint density at radius 1 is 1.17 bits per heavy atom. The Morgan fingerprint density at radius 2 is 1.91 bits per heavy atom. The molecule has 0 fully saturated rings. The number of hydrogen-bond donors (Lipinski definition) is 3. The summed E-state index contributed by atoms with van der Waals surface area (Å²) in [6.45, 7) is 1.89. The van der Waals surface area contributed by atoms with Gasteiger partial charge >= 0.3 is 6.03 Å². The smallest absolute Gasteiger partial charge is 0.323 e. The number of para-hydroxylation sites is 1. The van der Waals surface area contributed by atoms with E-state index in [1.165, 1.54) is 11.8 Å². The molecule has 120 valence electrons. The quantitative estimate of drug-likeness (QED) is 0.716. The molecule has 4 N–H and O–H groups in total. The maximum absolute atomic E-state index is 12.1.